The molecule has 0 aliphatic carbocycles. The highest BCUT2D eigenvalue weighted by atomic mass is 15.1. The molecule has 4 nitrogen and oxygen atoms in total. The molecule has 1 rings (SSSR count). The van der Waals surface area contributed by atoms with Crippen molar-refractivity contribution in [3.8, 4) is 0 Å². The molecule has 1 heterocycles. The van der Waals surface area contributed by atoms with Gasteiger partial charge in [0, 0.05) is 24.0 Å². The predicted molar refractivity (Wildman–Crippen MR) is 62.8 cm³/mol. The van der Waals surface area contributed by atoms with Crippen molar-refractivity contribution in [2.45, 2.75) is 33.7 Å². The fourth-order valence-electron chi connectivity index (χ4n) is 1.25. The molecule has 0 bridgehead atoms. The quantitative estimate of drug-likeness (QED) is 0.787. The number of rotatable bonds is 4. The number of aromatic nitrogens is 2. The van der Waals surface area contributed by atoms with Gasteiger partial charge in [0.25, 0.3) is 0 Å². The first-order chi connectivity index (χ1) is 6.99. The lowest BCUT2D eigenvalue weighted by Crippen LogP contribution is -2.34. The SMILES string of the molecule is Cc1cc(C)nc(NCC(N)C(C)C)n1. The van der Waals surface area contributed by atoms with E-state index in [1.54, 1.807) is 0 Å². The molecule has 0 fully saturated rings. The highest BCUT2D eigenvalue weighted by Crippen LogP contribution is 2.05. The molecule has 3 N–H and O–H groups in total. The number of hydrogen-bond donors (Lipinski definition) is 2. The standard InChI is InChI=1S/C11H20N4/c1-7(2)10(12)6-13-11-14-8(3)5-9(4)15-11/h5,7,10H,6,12H2,1-4H3,(H,13,14,15). The maximum Gasteiger partial charge on any atom is 0.223 e. The van der Waals surface area contributed by atoms with E-state index in [4.69, 9.17) is 5.73 Å². The van der Waals surface area contributed by atoms with Crippen LogP contribution in [0.5, 0.6) is 0 Å². The van der Waals surface area contributed by atoms with Crippen LogP contribution in [0.15, 0.2) is 6.07 Å². The lowest BCUT2D eigenvalue weighted by Gasteiger charge is -2.16. The zero-order chi connectivity index (χ0) is 11.4. The summed E-state index contributed by atoms with van der Waals surface area (Å²) in [5.41, 5.74) is 7.87. The van der Waals surface area contributed by atoms with E-state index in [2.05, 4.69) is 29.1 Å². The van der Waals surface area contributed by atoms with E-state index < -0.39 is 0 Å². The van der Waals surface area contributed by atoms with Gasteiger partial charge in [-0.1, -0.05) is 13.8 Å². The van der Waals surface area contributed by atoms with Crippen LogP contribution in [0.3, 0.4) is 0 Å². The Morgan fingerprint density at radius 2 is 1.80 bits per heavy atom. The Balaban J connectivity index is 2.57. The molecule has 0 spiro atoms. The van der Waals surface area contributed by atoms with Gasteiger partial charge in [0.1, 0.15) is 0 Å². The van der Waals surface area contributed by atoms with Gasteiger partial charge in [-0.15, -0.1) is 0 Å². The summed E-state index contributed by atoms with van der Waals surface area (Å²) in [6, 6.07) is 2.09. The Hall–Kier alpha value is -1.16. The fraction of sp³-hybridized carbons (Fsp3) is 0.636. The Kier molecular flexibility index (Phi) is 4.03. The average molecular weight is 208 g/mol. The van der Waals surface area contributed by atoms with E-state index in [-0.39, 0.29) is 6.04 Å². The molecule has 0 radical (unpaired) electrons. The first kappa shape index (κ1) is 11.9. The van der Waals surface area contributed by atoms with Gasteiger partial charge < -0.3 is 11.1 Å². The predicted octanol–water partition coefficient (Wildman–Crippen LogP) is 1.49. The zero-order valence-electron chi connectivity index (χ0n) is 9.91. The van der Waals surface area contributed by atoms with Gasteiger partial charge in [-0.25, -0.2) is 9.97 Å². The van der Waals surface area contributed by atoms with Crippen molar-refractivity contribution in [2.75, 3.05) is 11.9 Å². The van der Waals surface area contributed by atoms with Gasteiger partial charge in [-0.05, 0) is 25.8 Å². The number of aryl methyl sites for hydroxylation is 2. The molecular formula is C11H20N4. The molecular weight excluding hydrogens is 188 g/mol. The summed E-state index contributed by atoms with van der Waals surface area (Å²) in [6.45, 7) is 8.84. The molecule has 0 saturated heterocycles. The van der Waals surface area contributed by atoms with E-state index >= 15 is 0 Å². The van der Waals surface area contributed by atoms with Crippen LogP contribution in [-0.2, 0) is 0 Å². The number of hydrogen-bond acceptors (Lipinski definition) is 4. The Morgan fingerprint density at radius 3 is 2.27 bits per heavy atom. The summed E-state index contributed by atoms with van der Waals surface area (Å²) in [5.74, 6) is 1.13. The van der Waals surface area contributed by atoms with Crippen molar-refractivity contribution in [3.63, 3.8) is 0 Å². The number of nitrogens with one attached hydrogen (secondary N) is 1. The molecule has 0 aliphatic heterocycles. The van der Waals surface area contributed by atoms with Crippen molar-refractivity contribution in [1.29, 1.82) is 0 Å². The normalized spacial score (nSPS) is 12.9. The van der Waals surface area contributed by atoms with E-state index in [1.807, 2.05) is 19.9 Å². The molecule has 0 aliphatic rings. The van der Waals surface area contributed by atoms with Crippen LogP contribution in [-0.4, -0.2) is 22.6 Å². The Bertz CT molecular complexity index is 302. The van der Waals surface area contributed by atoms with Crippen LogP contribution < -0.4 is 11.1 Å². The van der Waals surface area contributed by atoms with E-state index in [0.29, 0.717) is 18.4 Å². The van der Waals surface area contributed by atoms with Crippen molar-refractivity contribution in [2.24, 2.45) is 11.7 Å². The van der Waals surface area contributed by atoms with E-state index in [0.717, 1.165) is 11.4 Å². The maximum absolute atomic E-state index is 5.92. The molecule has 1 unspecified atom stereocenters. The van der Waals surface area contributed by atoms with Gasteiger partial charge in [0.15, 0.2) is 0 Å². The summed E-state index contributed by atoms with van der Waals surface area (Å²) >= 11 is 0. The molecule has 0 aromatic carbocycles. The Morgan fingerprint density at radius 1 is 1.27 bits per heavy atom. The topological polar surface area (TPSA) is 63.8 Å². The molecule has 0 amide bonds. The number of nitrogens with zero attached hydrogens (tertiary/aromatic N) is 2. The summed E-state index contributed by atoms with van der Waals surface area (Å²) in [6.07, 6.45) is 0. The van der Waals surface area contributed by atoms with Crippen LogP contribution in [0, 0.1) is 19.8 Å². The van der Waals surface area contributed by atoms with Crippen LogP contribution in [0.2, 0.25) is 0 Å². The van der Waals surface area contributed by atoms with Crippen LogP contribution >= 0.6 is 0 Å². The number of nitrogens with two attached hydrogens (primary N) is 1. The second kappa shape index (κ2) is 5.07. The van der Waals surface area contributed by atoms with E-state index in [9.17, 15) is 0 Å². The summed E-state index contributed by atoms with van der Waals surface area (Å²) in [5, 5.41) is 3.16. The summed E-state index contributed by atoms with van der Waals surface area (Å²) in [4.78, 5) is 8.58. The zero-order valence-corrected chi connectivity index (χ0v) is 9.91. The molecule has 15 heavy (non-hydrogen) atoms. The van der Waals surface area contributed by atoms with Crippen LogP contribution in [0.4, 0.5) is 5.95 Å². The lowest BCUT2D eigenvalue weighted by atomic mass is 10.1. The first-order valence-corrected chi connectivity index (χ1v) is 5.30. The van der Waals surface area contributed by atoms with Crippen LogP contribution in [0.25, 0.3) is 0 Å². The second-order valence-corrected chi connectivity index (χ2v) is 4.26. The highest BCUT2D eigenvalue weighted by molar-refractivity contribution is 5.27. The van der Waals surface area contributed by atoms with Crippen molar-refractivity contribution in [3.05, 3.63) is 17.5 Å². The monoisotopic (exact) mass is 208 g/mol. The average Bonchev–Trinajstić information content (AvgIpc) is 2.12. The minimum absolute atomic E-state index is 0.134. The third kappa shape index (κ3) is 3.83. The largest absolute Gasteiger partial charge is 0.353 e. The molecule has 1 aromatic heterocycles. The van der Waals surface area contributed by atoms with Crippen molar-refractivity contribution >= 4 is 5.95 Å². The second-order valence-electron chi connectivity index (χ2n) is 4.26. The van der Waals surface area contributed by atoms with Crippen molar-refractivity contribution < 1.29 is 0 Å². The van der Waals surface area contributed by atoms with Gasteiger partial charge in [-0.3, -0.25) is 0 Å². The van der Waals surface area contributed by atoms with Gasteiger partial charge in [0.05, 0.1) is 0 Å². The van der Waals surface area contributed by atoms with E-state index in [1.165, 1.54) is 0 Å². The lowest BCUT2D eigenvalue weighted by molar-refractivity contribution is 0.510. The van der Waals surface area contributed by atoms with Gasteiger partial charge in [-0.2, -0.15) is 0 Å². The fourth-order valence-corrected chi connectivity index (χ4v) is 1.25. The third-order valence-electron chi connectivity index (χ3n) is 2.33. The van der Waals surface area contributed by atoms with Gasteiger partial charge in [0.2, 0.25) is 5.95 Å². The summed E-state index contributed by atoms with van der Waals surface area (Å²) < 4.78 is 0. The number of anilines is 1. The molecule has 1 atom stereocenters. The molecule has 1 aromatic rings. The minimum atomic E-state index is 0.134. The Labute approximate surface area is 91.3 Å². The summed E-state index contributed by atoms with van der Waals surface area (Å²) in [7, 11) is 0. The minimum Gasteiger partial charge on any atom is -0.353 e. The maximum atomic E-state index is 5.92. The highest BCUT2D eigenvalue weighted by Gasteiger charge is 2.07. The first-order valence-electron chi connectivity index (χ1n) is 5.30. The molecule has 0 saturated carbocycles. The smallest absolute Gasteiger partial charge is 0.223 e. The van der Waals surface area contributed by atoms with Gasteiger partial charge >= 0.3 is 0 Å². The molecule has 4 heteroatoms. The molecule has 84 valence electrons. The third-order valence-corrected chi connectivity index (χ3v) is 2.33. The van der Waals surface area contributed by atoms with Crippen LogP contribution in [0.1, 0.15) is 25.2 Å². The van der Waals surface area contributed by atoms with Crippen molar-refractivity contribution in [1.82, 2.24) is 9.97 Å².